The highest BCUT2D eigenvalue weighted by molar-refractivity contribution is 7.71. The van der Waals surface area contributed by atoms with Crippen LogP contribution in [0, 0.1) is 4.64 Å². The van der Waals surface area contributed by atoms with Crippen molar-refractivity contribution in [3.63, 3.8) is 0 Å². The Labute approximate surface area is 103 Å². The van der Waals surface area contributed by atoms with E-state index in [1.807, 2.05) is 6.92 Å². The summed E-state index contributed by atoms with van der Waals surface area (Å²) in [5.74, 6) is 0.428. The molecule has 17 heavy (non-hydrogen) atoms. The molecule has 6 nitrogen and oxygen atoms in total. The molecule has 0 saturated heterocycles. The molecule has 2 aromatic heterocycles. The number of hydrogen-bond donors (Lipinski definition) is 2. The van der Waals surface area contributed by atoms with Crippen LogP contribution in [-0.4, -0.2) is 32.2 Å². The number of rotatable bonds is 3. The summed E-state index contributed by atoms with van der Waals surface area (Å²) in [4.78, 5) is 15.5. The predicted octanol–water partition coefficient (Wildman–Crippen LogP) is 1.07. The molecule has 0 radical (unpaired) electrons. The summed E-state index contributed by atoms with van der Waals surface area (Å²) in [5, 5.41) is 9.38. The van der Waals surface area contributed by atoms with Gasteiger partial charge in [0.05, 0.1) is 0 Å². The molecule has 2 aromatic rings. The highest BCUT2D eigenvalue weighted by Gasteiger charge is 2.08. The Morgan fingerprint density at radius 1 is 1.59 bits per heavy atom. The zero-order valence-corrected chi connectivity index (χ0v) is 9.99. The number of H-pyrrole nitrogens is 1. The van der Waals surface area contributed by atoms with Crippen LogP contribution in [0.15, 0.2) is 24.7 Å². The van der Waals surface area contributed by atoms with Crippen molar-refractivity contribution < 1.29 is 4.79 Å². The van der Waals surface area contributed by atoms with Gasteiger partial charge >= 0.3 is 0 Å². The first-order valence-electron chi connectivity index (χ1n) is 5.09. The van der Waals surface area contributed by atoms with Crippen LogP contribution in [0.2, 0.25) is 0 Å². The number of carbonyl (C=O) groups excluding carboxylic acids is 1. The summed E-state index contributed by atoms with van der Waals surface area (Å²) in [6.45, 7) is 2.43. The molecule has 0 aliphatic heterocycles. The fourth-order valence-corrected chi connectivity index (χ4v) is 1.41. The molecule has 0 unspecified atom stereocenters. The summed E-state index contributed by atoms with van der Waals surface area (Å²) in [5.41, 5.74) is 0.358. The van der Waals surface area contributed by atoms with E-state index in [2.05, 4.69) is 20.5 Å². The number of imidazole rings is 1. The number of nitrogens with one attached hydrogen (secondary N) is 2. The average molecular weight is 249 g/mol. The van der Waals surface area contributed by atoms with E-state index in [0.717, 1.165) is 0 Å². The minimum atomic E-state index is -0.199. The number of hydrogen-bond acceptors (Lipinski definition) is 4. The van der Waals surface area contributed by atoms with E-state index in [1.165, 1.54) is 6.33 Å². The number of nitrogens with zero attached hydrogens (tertiary/aromatic N) is 3. The Kier molecular flexibility index (Phi) is 3.29. The highest BCUT2D eigenvalue weighted by atomic mass is 32.1. The summed E-state index contributed by atoms with van der Waals surface area (Å²) in [6, 6.07) is 3.48. The van der Waals surface area contributed by atoms with Gasteiger partial charge in [0, 0.05) is 12.7 Å². The quantitative estimate of drug-likeness (QED) is 0.798. The Balaban J connectivity index is 2.26. The van der Waals surface area contributed by atoms with Crippen LogP contribution in [0.1, 0.15) is 17.4 Å². The lowest BCUT2D eigenvalue weighted by atomic mass is 10.4. The molecular weight excluding hydrogens is 238 g/mol. The normalized spacial score (nSPS) is 10.2. The lowest BCUT2D eigenvalue weighted by molar-refractivity contribution is 0.0951. The van der Waals surface area contributed by atoms with Crippen LogP contribution < -0.4 is 5.32 Å². The Bertz CT molecular complexity index is 568. The second-order valence-electron chi connectivity index (χ2n) is 3.31. The second-order valence-corrected chi connectivity index (χ2v) is 3.74. The van der Waals surface area contributed by atoms with Crippen molar-refractivity contribution in [3.8, 4) is 5.82 Å². The molecular formula is C10H11N5OS. The van der Waals surface area contributed by atoms with Crippen molar-refractivity contribution in [2.45, 2.75) is 6.92 Å². The van der Waals surface area contributed by atoms with Crippen LogP contribution in [0.3, 0.4) is 0 Å². The van der Waals surface area contributed by atoms with Gasteiger partial charge in [-0.3, -0.25) is 14.5 Å². The number of amides is 1. The van der Waals surface area contributed by atoms with Gasteiger partial charge < -0.3 is 5.32 Å². The lowest BCUT2D eigenvalue weighted by Gasteiger charge is -1.99. The molecule has 2 heterocycles. The van der Waals surface area contributed by atoms with Gasteiger partial charge in [-0.25, -0.2) is 4.98 Å². The van der Waals surface area contributed by atoms with Gasteiger partial charge in [-0.15, -0.1) is 0 Å². The van der Waals surface area contributed by atoms with E-state index in [0.29, 0.717) is 22.7 Å². The molecule has 0 saturated carbocycles. The molecule has 2 N–H and O–H groups in total. The summed E-state index contributed by atoms with van der Waals surface area (Å²) >= 11 is 4.90. The fraction of sp³-hybridized carbons (Fsp3) is 0.200. The fourth-order valence-electron chi connectivity index (χ4n) is 1.30. The van der Waals surface area contributed by atoms with Crippen LogP contribution in [-0.2, 0) is 0 Å². The van der Waals surface area contributed by atoms with Crippen molar-refractivity contribution >= 4 is 18.1 Å². The first-order chi connectivity index (χ1) is 8.20. The lowest BCUT2D eigenvalue weighted by Crippen LogP contribution is -2.22. The first kappa shape index (κ1) is 11.5. The number of carbonyl (C=O) groups is 1. The van der Waals surface area contributed by atoms with Crippen LogP contribution in [0.5, 0.6) is 0 Å². The SMILES string of the molecule is CCNC(=O)c1cn(-c2ccc(=S)[nH]n2)cn1. The van der Waals surface area contributed by atoms with E-state index >= 15 is 0 Å². The van der Waals surface area contributed by atoms with Gasteiger partial charge in [-0.05, 0) is 19.1 Å². The second kappa shape index (κ2) is 4.88. The Hall–Kier alpha value is -2.02. The third kappa shape index (κ3) is 2.56. The van der Waals surface area contributed by atoms with Gasteiger partial charge in [-0.2, -0.15) is 5.10 Å². The summed E-state index contributed by atoms with van der Waals surface area (Å²) < 4.78 is 2.20. The molecule has 0 atom stereocenters. The minimum Gasteiger partial charge on any atom is -0.351 e. The maximum absolute atomic E-state index is 11.5. The maximum Gasteiger partial charge on any atom is 0.271 e. The maximum atomic E-state index is 11.5. The molecule has 7 heteroatoms. The largest absolute Gasteiger partial charge is 0.351 e. The van der Waals surface area contributed by atoms with Gasteiger partial charge in [0.2, 0.25) is 0 Å². The molecule has 0 aliphatic carbocycles. The van der Waals surface area contributed by atoms with Gasteiger partial charge in [0.25, 0.3) is 5.91 Å². The standard InChI is InChI=1S/C10H11N5OS/c1-2-11-10(16)7-5-15(6-12-7)8-3-4-9(17)14-13-8/h3-6H,2H2,1H3,(H,11,16)(H,14,17). The molecule has 0 spiro atoms. The molecule has 0 aromatic carbocycles. The predicted molar refractivity (Wildman–Crippen MR) is 64.6 cm³/mol. The highest BCUT2D eigenvalue weighted by Crippen LogP contribution is 2.04. The third-order valence-corrected chi connectivity index (χ3v) is 2.31. The monoisotopic (exact) mass is 249 g/mol. The molecule has 0 bridgehead atoms. The van der Waals surface area contributed by atoms with Crippen molar-refractivity contribution in [1.29, 1.82) is 0 Å². The molecule has 1 amide bonds. The van der Waals surface area contributed by atoms with Gasteiger partial charge in [0.1, 0.15) is 16.7 Å². The molecule has 88 valence electrons. The van der Waals surface area contributed by atoms with Crippen molar-refractivity contribution in [2.24, 2.45) is 0 Å². The topological polar surface area (TPSA) is 75.6 Å². The Morgan fingerprint density at radius 2 is 2.41 bits per heavy atom. The minimum absolute atomic E-state index is 0.199. The third-order valence-electron chi connectivity index (χ3n) is 2.08. The molecule has 0 aliphatic rings. The average Bonchev–Trinajstić information content (AvgIpc) is 2.80. The van der Waals surface area contributed by atoms with E-state index in [1.54, 1.807) is 22.9 Å². The van der Waals surface area contributed by atoms with Gasteiger partial charge in [-0.1, -0.05) is 12.2 Å². The van der Waals surface area contributed by atoms with Crippen LogP contribution in [0.4, 0.5) is 0 Å². The van der Waals surface area contributed by atoms with Gasteiger partial charge in [0.15, 0.2) is 5.82 Å². The van der Waals surface area contributed by atoms with Crippen molar-refractivity contribution in [1.82, 2.24) is 25.1 Å². The van der Waals surface area contributed by atoms with Crippen LogP contribution in [0.25, 0.3) is 5.82 Å². The molecule has 0 fully saturated rings. The Morgan fingerprint density at radius 3 is 3.06 bits per heavy atom. The van der Waals surface area contributed by atoms with Crippen LogP contribution >= 0.6 is 12.2 Å². The number of aromatic amines is 1. The van der Waals surface area contributed by atoms with E-state index in [4.69, 9.17) is 12.2 Å². The van der Waals surface area contributed by atoms with E-state index in [9.17, 15) is 4.79 Å². The first-order valence-corrected chi connectivity index (χ1v) is 5.50. The van der Waals surface area contributed by atoms with E-state index in [-0.39, 0.29) is 5.91 Å². The number of aromatic nitrogens is 4. The summed E-state index contributed by atoms with van der Waals surface area (Å²) in [6.07, 6.45) is 3.15. The van der Waals surface area contributed by atoms with E-state index < -0.39 is 0 Å². The zero-order valence-electron chi connectivity index (χ0n) is 9.17. The zero-order chi connectivity index (χ0) is 12.3. The molecule has 2 rings (SSSR count). The smallest absolute Gasteiger partial charge is 0.271 e. The van der Waals surface area contributed by atoms with Crippen molar-refractivity contribution in [3.05, 3.63) is 35.0 Å². The van der Waals surface area contributed by atoms with Crippen molar-refractivity contribution in [2.75, 3.05) is 6.54 Å². The summed E-state index contributed by atoms with van der Waals surface area (Å²) in [7, 11) is 0.